The summed E-state index contributed by atoms with van der Waals surface area (Å²) in [7, 11) is 0. The molecular weight excluding hydrogens is 196 g/mol. The molecule has 0 bridgehead atoms. The van der Waals surface area contributed by atoms with Crippen LogP contribution >= 0.6 is 11.5 Å². The van der Waals surface area contributed by atoms with Crippen LogP contribution in [0.4, 0.5) is 0 Å². The van der Waals surface area contributed by atoms with E-state index in [9.17, 15) is 0 Å². The second kappa shape index (κ2) is 5.19. The van der Waals surface area contributed by atoms with E-state index in [-0.39, 0.29) is 6.04 Å². The van der Waals surface area contributed by atoms with Gasteiger partial charge in [-0.1, -0.05) is 17.0 Å². The molecule has 0 radical (unpaired) electrons. The van der Waals surface area contributed by atoms with Gasteiger partial charge in [0.1, 0.15) is 0 Å². The summed E-state index contributed by atoms with van der Waals surface area (Å²) in [6, 6.07) is 0.0995. The van der Waals surface area contributed by atoms with Crippen LogP contribution in [0.25, 0.3) is 0 Å². The number of hydrogen-bond donors (Lipinski definition) is 2. The minimum Gasteiger partial charge on any atom is -0.271 e. The highest BCUT2D eigenvalue weighted by Gasteiger charge is 2.16. The molecule has 0 saturated carbocycles. The lowest BCUT2D eigenvalue weighted by molar-refractivity contribution is 0.553. The van der Waals surface area contributed by atoms with E-state index in [0.717, 1.165) is 29.0 Å². The van der Waals surface area contributed by atoms with Gasteiger partial charge in [0.25, 0.3) is 0 Å². The van der Waals surface area contributed by atoms with E-state index in [1.54, 1.807) is 0 Å². The van der Waals surface area contributed by atoms with Crippen LogP contribution in [0.15, 0.2) is 12.2 Å². The third-order valence-electron chi connectivity index (χ3n) is 1.99. The molecule has 5 heteroatoms. The van der Waals surface area contributed by atoms with Crippen LogP contribution in [0.3, 0.4) is 0 Å². The van der Waals surface area contributed by atoms with Gasteiger partial charge in [0.2, 0.25) is 0 Å². The number of aromatic nitrogens is 2. The first-order valence-electron chi connectivity index (χ1n) is 4.60. The highest BCUT2D eigenvalue weighted by Crippen LogP contribution is 2.25. The molecule has 1 aromatic heterocycles. The minimum absolute atomic E-state index is 0.0995. The summed E-state index contributed by atoms with van der Waals surface area (Å²) in [5.41, 5.74) is 4.91. The summed E-state index contributed by atoms with van der Waals surface area (Å²) in [5, 5.41) is 4.05. The Morgan fingerprint density at radius 1 is 1.71 bits per heavy atom. The fraction of sp³-hybridized carbons (Fsp3) is 0.556. The molecule has 0 spiro atoms. The van der Waals surface area contributed by atoms with Gasteiger partial charge >= 0.3 is 0 Å². The van der Waals surface area contributed by atoms with Crippen molar-refractivity contribution in [3.05, 3.63) is 22.7 Å². The molecule has 3 N–H and O–H groups in total. The van der Waals surface area contributed by atoms with E-state index in [1.165, 1.54) is 11.5 Å². The minimum atomic E-state index is 0.0995. The Kier molecular flexibility index (Phi) is 4.19. The van der Waals surface area contributed by atoms with Crippen LogP contribution in [-0.2, 0) is 6.42 Å². The van der Waals surface area contributed by atoms with E-state index in [0.29, 0.717) is 0 Å². The van der Waals surface area contributed by atoms with Crippen molar-refractivity contribution in [2.24, 2.45) is 5.84 Å². The second-order valence-electron chi connectivity index (χ2n) is 3.32. The number of nitrogens with two attached hydrogens (primary N) is 1. The van der Waals surface area contributed by atoms with Crippen molar-refractivity contribution in [3.63, 3.8) is 0 Å². The fourth-order valence-electron chi connectivity index (χ4n) is 1.30. The molecule has 1 unspecified atom stereocenters. The summed E-state index contributed by atoms with van der Waals surface area (Å²) >= 11 is 1.40. The monoisotopic (exact) mass is 212 g/mol. The standard InChI is InChI=1S/C9H16N4S/c1-4-7-9(14-13-12-7)8(11-10)5-6(2)3/h8,11H,2,4-5,10H2,1,3H3. The van der Waals surface area contributed by atoms with Crippen molar-refractivity contribution in [2.75, 3.05) is 0 Å². The Balaban J connectivity index is 2.82. The first kappa shape index (κ1) is 11.3. The first-order valence-corrected chi connectivity index (χ1v) is 5.38. The van der Waals surface area contributed by atoms with Crippen molar-refractivity contribution in [1.29, 1.82) is 0 Å². The van der Waals surface area contributed by atoms with Gasteiger partial charge in [-0.2, -0.15) is 0 Å². The molecule has 0 amide bonds. The van der Waals surface area contributed by atoms with Crippen LogP contribution < -0.4 is 11.3 Å². The van der Waals surface area contributed by atoms with Gasteiger partial charge in [0, 0.05) is 0 Å². The Hall–Kier alpha value is -0.780. The molecule has 0 aromatic carbocycles. The molecule has 1 atom stereocenters. The van der Waals surface area contributed by atoms with Gasteiger partial charge in [0.05, 0.1) is 16.6 Å². The van der Waals surface area contributed by atoms with Gasteiger partial charge in [-0.15, -0.1) is 11.7 Å². The van der Waals surface area contributed by atoms with E-state index >= 15 is 0 Å². The summed E-state index contributed by atoms with van der Waals surface area (Å²) in [4.78, 5) is 1.12. The zero-order valence-electron chi connectivity index (χ0n) is 8.58. The molecule has 1 rings (SSSR count). The average molecular weight is 212 g/mol. The Morgan fingerprint density at radius 3 is 2.93 bits per heavy atom. The molecule has 0 fully saturated rings. The lowest BCUT2D eigenvalue weighted by Gasteiger charge is -2.14. The molecule has 0 aliphatic heterocycles. The summed E-state index contributed by atoms with van der Waals surface area (Å²) in [5.74, 6) is 5.50. The average Bonchev–Trinajstić information content (AvgIpc) is 2.61. The fourth-order valence-corrected chi connectivity index (χ4v) is 2.10. The number of hydrazine groups is 1. The lowest BCUT2D eigenvalue weighted by atomic mass is 10.1. The summed E-state index contributed by atoms with van der Waals surface area (Å²) in [6.45, 7) is 7.93. The quantitative estimate of drug-likeness (QED) is 0.442. The van der Waals surface area contributed by atoms with Gasteiger partial charge in [0.15, 0.2) is 0 Å². The number of rotatable bonds is 5. The number of nitrogens with one attached hydrogen (secondary N) is 1. The Morgan fingerprint density at radius 2 is 2.43 bits per heavy atom. The van der Waals surface area contributed by atoms with E-state index in [1.807, 2.05) is 6.92 Å². The molecule has 0 aliphatic carbocycles. The topological polar surface area (TPSA) is 63.8 Å². The maximum Gasteiger partial charge on any atom is 0.0801 e. The largest absolute Gasteiger partial charge is 0.271 e. The van der Waals surface area contributed by atoms with Gasteiger partial charge < -0.3 is 0 Å². The summed E-state index contributed by atoms with van der Waals surface area (Å²) < 4.78 is 3.94. The zero-order chi connectivity index (χ0) is 10.6. The van der Waals surface area contributed by atoms with Crippen molar-refractivity contribution in [1.82, 2.24) is 15.0 Å². The molecular formula is C9H16N4S. The van der Waals surface area contributed by atoms with E-state index in [2.05, 4.69) is 28.5 Å². The van der Waals surface area contributed by atoms with Crippen LogP contribution in [0.2, 0.25) is 0 Å². The predicted octanol–water partition coefficient (Wildman–Crippen LogP) is 1.57. The highest BCUT2D eigenvalue weighted by atomic mass is 32.1. The highest BCUT2D eigenvalue weighted by molar-refractivity contribution is 7.05. The molecule has 78 valence electrons. The SMILES string of the molecule is C=C(C)CC(NN)c1snnc1CC. The van der Waals surface area contributed by atoms with E-state index < -0.39 is 0 Å². The first-order chi connectivity index (χ1) is 6.69. The van der Waals surface area contributed by atoms with Crippen molar-refractivity contribution in [3.8, 4) is 0 Å². The number of hydrogen-bond acceptors (Lipinski definition) is 5. The van der Waals surface area contributed by atoms with Crippen LogP contribution in [-0.4, -0.2) is 9.59 Å². The maximum absolute atomic E-state index is 5.50. The molecule has 1 heterocycles. The van der Waals surface area contributed by atoms with E-state index in [4.69, 9.17) is 5.84 Å². The Bertz CT molecular complexity index is 308. The van der Waals surface area contributed by atoms with Crippen LogP contribution in [0, 0.1) is 0 Å². The molecule has 14 heavy (non-hydrogen) atoms. The third kappa shape index (κ3) is 2.60. The maximum atomic E-state index is 5.50. The van der Waals surface area contributed by atoms with Crippen molar-refractivity contribution >= 4 is 11.5 Å². The molecule has 4 nitrogen and oxygen atoms in total. The third-order valence-corrected chi connectivity index (χ3v) is 2.87. The molecule has 1 aromatic rings. The number of aryl methyl sites for hydroxylation is 1. The lowest BCUT2D eigenvalue weighted by Crippen LogP contribution is -2.28. The van der Waals surface area contributed by atoms with Crippen LogP contribution in [0.1, 0.15) is 36.9 Å². The van der Waals surface area contributed by atoms with Gasteiger partial charge in [-0.25, -0.2) is 0 Å². The predicted molar refractivity (Wildman–Crippen MR) is 58.8 cm³/mol. The molecule has 0 saturated heterocycles. The summed E-state index contributed by atoms with van der Waals surface area (Å²) in [6.07, 6.45) is 1.72. The molecule has 0 aliphatic rings. The van der Waals surface area contributed by atoms with Crippen molar-refractivity contribution in [2.45, 2.75) is 32.7 Å². The second-order valence-corrected chi connectivity index (χ2v) is 4.10. The van der Waals surface area contributed by atoms with Crippen molar-refractivity contribution < 1.29 is 0 Å². The normalized spacial score (nSPS) is 12.8. The van der Waals surface area contributed by atoms with Gasteiger partial charge in [-0.3, -0.25) is 11.3 Å². The van der Waals surface area contributed by atoms with Gasteiger partial charge in [-0.05, 0) is 31.3 Å². The number of nitrogens with zero attached hydrogens (tertiary/aromatic N) is 2. The smallest absolute Gasteiger partial charge is 0.0801 e. The Labute approximate surface area is 88.3 Å². The zero-order valence-corrected chi connectivity index (χ0v) is 9.40. The van der Waals surface area contributed by atoms with Crippen LogP contribution in [0.5, 0.6) is 0 Å².